The molecule has 1 heterocycles. The fourth-order valence-electron chi connectivity index (χ4n) is 1.63. The summed E-state index contributed by atoms with van der Waals surface area (Å²) in [5.41, 5.74) is 5.91. The summed E-state index contributed by atoms with van der Waals surface area (Å²) in [4.78, 5) is 15.2. The Morgan fingerprint density at radius 1 is 1.45 bits per heavy atom. The van der Waals surface area contributed by atoms with Crippen LogP contribution in [0.3, 0.4) is 0 Å². The monoisotopic (exact) mass is 292 g/mol. The number of nitrogens with two attached hydrogens (primary N) is 1. The molecule has 112 valence electrons. The maximum Gasteiger partial charge on any atom is 0.573 e. The fourth-order valence-corrected chi connectivity index (χ4v) is 1.63. The van der Waals surface area contributed by atoms with E-state index in [1.54, 1.807) is 13.8 Å². The smallest absolute Gasteiger partial charge is 0.466 e. The lowest BCUT2D eigenvalue weighted by molar-refractivity contribution is -0.275. The van der Waals surface area contributed by atoms with Crippen LogP contribution in [0.25, 0.3) is 0 Å². The van der Waals surface area contributed by atoms with Crippen LogP contribution in [0.5, 0.6) is 5.75 Å². The van der Waals surface area contributed by atoms with Crippen molar-refractivity contribution in [3.05, 3.63) is 23.0 Å². The van der Waals surface area contributed by atoms with Gasteiger partial charge in [0.25, 0.3) is 0 Å². The first kappa shape index (κ1) is 16.2. The van der Waals surface area contributed by atoms with Crippen molar-refractivity contribution in [2.45, 2.75) is 33.2 Å². The van der Waals surface area contributed by atoms with Crippen molar-refractivity contribution in [2.24, 2.45) is 5.73 Å². The lowest BCUT2D eigenvalue weighted by Crippen LogP contribution is -2.22. The molecule has 0 aliphatic rings. The Morgan fingerprint density at radius 2 is 2.10 bits per heavy atom. The van der Waals surface area contributed by atoms with Crippen molar-refractivity contribution in [2.75, 3.05) is 6.61 Å². The Kier molecular flexibility index (Phi) is 5.32. The average molecular weight is 292 g/mol. The summed E-state index contributed by atoms with van der Waals surface area (Å²) in [6.45, 7) is 3.13. The van der Waals surface area contributed by atoms with Crippen LogP contribution in [0.4, 0.5) is 13.2 Å². The molecule has 0 atom stereocenters. The quantitative estimate of drug-likeness (QED) is 0.838. The second-order valence-corrected chi connectivity index (χ2v) is 3.93. The van der Waals surface area contributed by atoms with E-state index in [2.05, 4.69) is 14.5 Å². The largest absolute Gasteiger partial charge is 0.573 e. The zero-order valence-corrected chi connectivity index (χ0v) is 11.1. The molecule has 1 aromatic heterocycles. The van der Waals surface area contributed by atoms with Crippen LogP contribution in [-0.4, -0.2) is 23.9 Å². The van der Waals surface area contributed by atoms with Gasteiger partial charge >= 0.3 is 12.3 Å². The van der Waals surface area contributed by atoms with Gasteiger partial charge in [-0.1, -0.05) is 0 Å². The molecule has 0 bridgehead atoms. The number of hydrogen-bond acceptors (Lipinski definition) is 5. The number of aryl methyl sites for hydroxylation is 1. The third kappa shape index (κ3) is 4.37. The molecular weight excluding hydrogens is 277 g/mol. The van der Waals surface area contributed by atoms with Gasteiger partial charge in [0, 0.05) is 18.3 Å². The molecule has 0 spiro atoms. The lowest BCUT2D eigenvalue weighted by atomic mass is 10.1. The number of aromatic nitrogens is 1. The molecule has 0 fully saturated rings. The van der Waals surface area contributed by atoms with E-state index < -0.39 is 24.5 Å². The minimum atomic E-state index is -4.89. The van der Waals surface area contributed by atoms with E-state index in [9.17, 15) is 18.0 Å². The normalized spacial score (nSPS) is 11.3. The third-order valence-corrected chi connectivity index (χ3v) is 2.47. The number of nitrogens with zero attached hydrogens (tertiary/aromatic N) is 1. The number of pyridine rings is 1. The molecule has 0 saturated carbocycles. The molecule has 2 N–H and O–H groups in total. The first-order valence-electron chi connectivity index (χ1n) is 5.87. The van der Waals surface area contributed by atoms with Crippen LogP contribution < -0.4 is 10.5 Å². The fraction of sp³-hybridized carbons (Fsp3) is 0.500. The van der Waals surface area contributed by atoms with Gasteiger partial charge in [-0.2, -0.15) is 0 Å². The van der Waals surface area contributed by atoms with E-state index in [0.29, 0.717) is 5.56 Å². The molecule has 0 saturated heterocycles. The molecule has 5 nitrogen and oxygen atoms in total. The molecule has 0 aromatic carbocycles. The molecule has 8 heteroatoms. The SMILES string of the molecule is CCOC(=O)Cc1ncc(C)c(CN)c1OC(F)(F)F. The van der Waals surface area contributed by atoms with Crippen LogP contribution in [0, 0.1) is 6.92 Å². The Balaban J connectivity index is 3.18. The third-order valence-electron chi connectivity index (χ3n) is 2.47. The number of carbonyl (C=O) groups excluding carboxylic acids is 1. The van der Waals surface area contributed by atoms with E-state index in [1.807, 2.05) is 0 Å². The molecule has 1 rings (SSSR count). The van der Waals surface area contributed by atoms with Gasteiger partial charge in [0.2, 0.25) is 0 Å². The summed E-state index contributed by atoms with van der Waals surface area (Å²) >= 11 is 0. The first-order valence-corrected chi connectivity index (χ1v) is 5.87. The highest BCUT2D eigenvalue weighted by molar-refractivity contribution is 5.73. The minimum absolute atomic E-state index is 0.129. The highest BCUT2D eigenvalue weighted by Crippen LogP contribution is 2.31. The summed E-state index contributed by atoms with van der Waals surface area (Å²) in [6.07, 6.45) is -3.95. The van der Waals surface area contributed by atoms with Crippen LogP contribution >= 0.6 is 0 Å². The summed E-state index contributed by atoms with van der Waals surface area (Å²) in [5, 5.41) is 0. The van der Waals surface area contributed by atoms with Crippen molar-refractivity contribution < 1.29 is 27.4 Å². The van der Waals surface area contributed by atoms with Crippen molar-refractivity contribution in [1.29, 1.82) is 0 Å². The Hall–Kier alpha value is -1.83. The van der Waals surface area contributed by atoms with Gasteiger partial charge < -0.3 is 15.2 Å². The number of alkyl halides is 3. The summed E-state index contributed by atoms with van der Waals surface area (Å²) < 4.78 is 46.0. The molecule has 0 unspecified atom stereocenters. The second-order valence-electron chi connectivity index (χ2n) is 3.93. The van der Waals surface area contributed by atoms with Gasteiger partial charge in [-0.25, -0.2) is 0 Å². The van der Waals surface area contributed by atoms with Gasteiger partial charge in [-0.05, 0) is 19.4 Å². The van der Waals surface area contributed by atoms with Gasteiger partial charge in [0.05, 0.1) is 18.7 Å². The van der Waals surface area contributed by atoms with E-state index in [-0.39, 0.29) is 24.4 Å². The number of halogens is 3. The topological polar surface area (TPSA) is 74.4 Å². The Labute approximate surface area is 113 Å². The summed E-state index contributed by atoms with van der Waals surface area (Å²) in [7, 11) is 0. The molecule has 0 radical (unpaired) electrons. The number of rotatable bonds is 5. The van der Waals surface area contributed by atoms with E-state index in [1.165, 1.54) is 6.20 Å². The second kappa shape index (κ2) is 6.56. The minimum Gasteiger partial charge on any atom is -0.466 e. The van der Waals surface area contributed by atoms with E-state index in [4.69, 9.17) is 5.73 Å². The number of hydrogen-bond donors (Lipinski definition) is 1. The van der Waals surface area contributed by atoms with Gasteiger partial charge in [-0.15, -0.1) is 13.2 Å². The predicted octanol–water partition coefficient (Wildman–Crippen LogP) is 1.85. The highest BCUT2D eigenvalue weighted by atomic mass is 19.4. The van der Waals surface area contributed by atoms with Crippen LogP contribution in [-0.2, 0) is 22.5 Å². The van der Waals surface area contributed by atoms with E-state index >= 15 is 0 Å². The van der Waals surface area contributed by atoms with Gasteiger partial charge in [0.15, 0.2) is 5.75 Å². The van der Waals surface area contributed by atoms with Crippen molar-refractivity contribution in [3.63, 3.8) is 0 Å². The van der Waals surface area contributed by atoms with E-state index in [0.717, 1.165) is 0 Å². The molecule has 20 heavy (non-hydrogen) atoms. The maximum absolute atomic E-state index is 12.4. The number of ether oxygens (including phenoxy) is 2. The van der Waals surface area contributed by atoms with Crippen LogP contribution in [0.1, 0.15) is 23.7 Å². The summed E-state index contributed by atoms with van der Waals surface area (Å²) in [6, 6.07) is 0. The van der Waals surface area contributed by atoms with Gasteiger partial charge in [0.1, 0.15) is 0 Å². The van der Waals surface area contributed by atoms with Gasteiger partial charge in [-0.3, -0.25) is 9.78 Å². The van der Waals surface area contributed by atoms with Crippen molar-refractivity contribution in [1.82, 2.24) is 4.98 Å². The van der Waals surface area contributed by atoms with Crippen molar-refractivity contribution in [3.8, 4) is 5.75 Å². The number of carbonyl (C=O) groups is 1. The maximum atomic E-state index is 12.4. The molecular formula is C12H15F3N2O3. The lowest BCUT2D eigenvalue weighted by Gasteiger charge is -2.17. The van der Waals surface area contributed by atoms with Crippen molar-refractivity contribution >= 4 is 5.97 Å². The molecule has 0 aliphatic heterocycles. The molecule has 1 aromatic rings. The summed E-state index contributed by atoms with van der Waals surface area (Å²) in [5.74, 6) is -1.20. The van der Waals surface area contributed by atoms with Crippen LogP contribution in [0.15, 0.2) is 6.20 Å². The Bertz CT molecular complexity index is 490. The number of esters is 1. The average Bonchev–Trinajstić information content (AvgIpc) is 2.31. The zero-order valence-electron chi connectivity index (χ0n) is 11.1. The molecule has 0 amide bonds. The first-order chi connectivity index (χ1) is 9.28. The highest BCUT2D eigenvalue weighted by Gasteiger charge is 2.34. The Morgan fingerprint density at radius 3 is 2.60 bits per heavy atom. The predicted molar refractivity (Wildman–Crippen MR) is 63.9 cm³/mol. The molecule has 0 aliphatic carbocycles. The zero-order chi connectivity index (χ0) is 15.3. The standard InChI is InChI=1S/C12H15F3N2O3/c1-3-19-10(18)4-9-11(20-12(13,14)15)8(5-16)7(2)6-17-9/h6H,3-5,16H2,1-2H3. The van der Waals surface area contributed by atoms with Crippen LogP contribution in [0.2, 0.25) is 0 Å².